The zero-order valence-electron chi connectivity index (χ0n) is 46.5. The quantitative estimate of drug-likeness (QED) is 0.186. The van der Waals surface area contributed by atoms with E-state index in [4.69, 9.17) is 29.4 Å². The summed E-state index contributed by atoms with van der Waals surface area (Å²) in [6.45, 7) is 0. The molecule has 6 nitrogen and oxygen atoms in total. The van der Waals surface area contributed by atoms with E-state index < -0.39 is 189 Å². The van der Waals surface area contributed by atoms with Crippen LogP contribution in [0.1, 0.15) is 28.8 Å². The predicted molar refractivity (Wildman–Crippen MR) is 205 cm³/mol. The van der Waals surface area contributed by atoms with Gasteiger partial charge in [-0.15, -0.1) is 0 Å². The van der Waals surface area contributed by atoms with Crippen LogP contribution in [0.3, 0.4) is 0 Å². The summed E-state index contributed by atoms with van der Waals surface area (Å²) in [5, 5.41) is -1.59. The molecule has 0 saturated carbocycles. The molecule has 0 spiro atoms. The van der Waals surface area contributed by atoms with Gasteiger partial charge < -0.3 is 8.83 Å². The molecule has 11 aromatic rings. The van der Waals surface area contributed by atoms with Gasteiger partial charge in [0.15, 0.2) is 11.6 Å². The van der Waals surface area contributed by atoms with E-state index in [9.17, 15) is 8.22 Å². The van der Waals surface area contributed by atoms with Crippen LogP contribution in [0.5, 0.6) is 0 Å². The molecule has 51 heavy (non-hydrogen) atoms. The molecule has 0 bridgehead atoms. The van der Waals surface area contributed by atoms with E-state index in [-0.39, 0.29) is 38.1 Å². The summed E-state index contributed by atoms with van der Waals surface area (Å²) in [5.74, 6) is -2.19. The van der Waals surface area contributed by atoms with Crippen molar-refractivity contribution in [2.75, 3.05) is 0 Å². The van der Waals surface area contributed by atoms with E-state index in [1.807, 2.05) is 0 Å². The Balaban J connectivity index is 1.34. The molecule has 0 amide bonds. The molecular formula is C45H26N4O2. The monoisotopic (exact) mass is 675 g/mol. The number of aromatic nitrogens is 4. The van der Waals surface area contributed by atoms with Gasteiger partial charge in [0.1, 0.15) is 22.3 Å². The Labute approximate surface area is 320 Å². The third kappa shape index (κ3) is 4.26. The predicted octanol–water partition coefficient (Wildman–Crippen LogP) is 11.8. The number of hydrogen-bond acceptors (Lipinski definition) is 5. The summed E-state index contributed by atoms with van der Waals surface area (Å²) in [6, 6.07) is -6.53. The summed E-state index contributed by atoms with van der Waals surface area (Å²) in [7, 11) is 0. The summed E-state index contributed by atoms with van der Waals surface area (Å²) in [5.41, 5.74) is -3.38. The summed E-state index contributed by atoms with van der Waals surface area (Å²) < 4.78 is 200. The van der Waals surface area contributed by atoms with Crippen molar-refractivity contribution in [2.24, 2.45) is 0 Å². The zero-order valence-corrected chi connectivity index (χ0v) is 25.5. The van der Waals surface area contributed by atoms with E-state index >= 15 is 0 Å². The fourth-order valence-electron chi connectivity index (χ4n) is 6.13. The Morgan fingerprint density at radius 3 is 2.06 bits per heavy atom. The van der Waals surface area contributed by atoms with Crippen LogP contribution in [0.2, 0.25) is 0 Å². The number of rotatable bonds is 4. The van der Waals surface area contributed by atoms with Crippen molar-refractivity contribution in [1.29, 1.82) is 0 Å². The molecule has 0 unspecified atom stereocenters. The molecule has 4 aromatic heterocycles. The van der Waals surface area contributed by atoms with Crippen LogP contribution in [-0.2, 0) is 0 Å². The number of hydrogen-bond donors (Lipinski definition) is 0. The maximum Gasteiger partial charge on any atom is 0.238 e. The largest absolute Gasteiger partial charge is 0.456 e. The van der Waals surface area contributed by atoms with Crippen molar-refractivity contribution < 1.29 is 37.6 Å². The number of benzene rings is 7. The third-order valence-corrected chi connectivity index (χ3v) is 8.32. The van der Waals surface area contributed by atoms with Gasteiger partial charge in [0.05, 0.1) is 39.8 Å². The average Bonchev–Trinajstić information content (AvgIpc) is 4.08. The first kappa shape index (κ1) is 14.4. The van der Waals surface area contributed by atoms with Gasteiger partial charge in [-0.25, -0.2) is 4.98 Å². The molecule has 0 saturated heterocycles. The fourth-order valence-corrected chi connectivity index (χ4v) is 6.13. The Morgan fingerprint density at radius 1 is 0.451 bits per heavy atom. The lowest BCUT2D eigenvalue weighted by Crippen LogP contribution is -2.06. The SMILES string of the molecule is [2H]c1c([2H])c([2H])c(-c2nc(-c3c([2H])c([2H])c4c(oc5c([2H])c([2H])c([2H])c(-c6ccccc6)c54)c3[2H])nc(-n3c4c([2H])c([2H])c([2H])c([2H])c4c4c([2H])c5c(oc6c([2H])c([2H])c([2H])c([2H])c65)c([2H])c43)n2)c([2H])c1[2H]. The molecule has 0 aliphatic carbocycles. The van der Waals surface area contributed by atoms with Crippen molar-refractivity contribution in [1.82, 2.24) is 19.5 Å². The number of nitrogens with zero attached hydrogens (tertiary/aromatic N) is 4. The molecule has 0 aliphatic heterocycles. The number of para-hydroxylation sites is 2. The highest BCUT2D eigenvalue weighted by Gasteiger charge is 2.21. The lowest BCUT2D eigenvalue weighted by molar-refractivity contribution is 0.668. The second-order valence-electron chi connectivity index (χ2n) is 11.2. The van der Waals surface area contributed by atoms with Gasteiger partial charge in [0, 0.05) is 49.5 Å². The van der Waals surface area contributed by atoms with Gasteiger partial charge >= 0.3 is 0 Å². The van der Waals surface area contributed by atoms with Crippen molar-refractivity contribution in [3.05, 3.63) is 157 Å². The summed E-state index contributed by atoms with van der Waals surface area (Å²) in [4.78, 5) is 13.5. The number of fused-ring (bicyclic) bond motifs is 9. The van der Waals surface area contributed by atoms with Crippen LogP contribution in [0.4, 0.5) is 0 Å². The van der Waals surface area contributed by atoms with Gasteiger partial charge in [-0.1, -0.05) is 115 Å². The maximum absolute atomic E-state index is 9.66. The minimum Gasteiger partial charge on any atom is -0.456 e. The van der Waals surface area contributed by atoms with Gasteiger partial charge in [-0.3, -0.25) is 4.57 Å². The van der Waals surface area contributed by atoms with Crippen molar-refractivity contribution in [3.63, 3.8) is 0 Å². The van der Waals surface area contributed by atoms with Crippen LogP contribution < -0.4 is 0 Å². The van der Waals surface area contributed by atoms with Crippen LogP contribution >= 0.6 is 0 Å². The Kier molecular flexibility index (Phi) is 3.03. The van der Waals surface area contributed by atoms with Crippen molar-refractivity contribution in [3.8, 4) is 39.9 Å². The highest BCUT2D eigenvalue weighted by atomic mass is 16.3. The van der Waals surface area contributed by atoms with Crippen molar-refractivity contribution >= 4 is 65.7 Å². The molecular weight excluding hydrogens is 629 g/mol. The first-order chi connectivity index (χ1) is 34.0. The lowest BCUT2D eigenvalue weighted by atomic mass is 9.99. The highest BCUT2D eigenvalue weighted by Crippen LogP contribution is 2.40. The lowest BCUT2D eigenvalue weighted by Gasteiger charge is -2.11. The molecule has 11 rings (SSSR count). The third-order valence-electron chi connectivity index (χ3n) is 8.32. The topological polar surface area (TPSA) is 69.9 Å². The molecule has 0 N–H and O–H groups in total. The minimum atomic E-state index is -0.841. The summed E-state index contributed by atoms with van der Waals surface area (Å²) >= 11 is 0. The molecule has 7 aromatic carbocycles. The maximum atomic E-state index is 9.66. The van der Waals surface area contributed by atoms with E-state index in [0.29, 0.717) is 5.56 Å². The first-order valence-corrected chi connectivity index (χ1v) is 15.2. The van der Waals surface area contributed by atoms with Crippen molar-refractivity contribution in [2.45, 2.75) is 0 Å². The normalized spacial score (nSPS) is 17.7. The molecule has 4 heterocycles. The molecule has 0 atom stereocenters. The Hall–Kier alpha value is -7.05. The van der Waals surface area contributed by atoms with E-state index in [2.05, 4.69) is 15.0 Å². The Morgan fingerprint density at radius 2 is 1.18 bits per heavy atom. The van der Waals surface area contributed by atoms with E-state index in [0.717, 1.165) is 4.57 Å². The van der Waals surface area contributed by atoms with E-state index in [1.165, 1.54) is 0 Å². The van der Waals surface area contributed by atoms with Gasteiger partial charge in [-0.05, 0) is 47.4 Å². The highest BCUT2D eigenvalue weighted by molar-refractivity contribution is 6.17. The van der Waals surface area contributed by atoms with Crippen LogP contribution in [-0.4, -0.2) is 19.5 Å². The summed E-state index contributed by atoms with van der Waals surface area (Å²) in [6.07, 6.45) is 0. The minimum absolute atomic E-state index is 0.0182. The molecule has 0 radical (unpaired) electrons. The molecule has 0 fully saturated rings. The van der Waals surface area contributed by atoms with Crippen LogP contribution in [0.15, 0.2) is 166 Å². The Bertz CT molecular complexity index is 4330. The van der Waals surface area contributed by atoms with Gasteiger partial charge in [0.2, 0.25) is 5.95 Å². The number of furan rings is 2. The zero-order chi connectivity index (χ0) is 51.7. The van der Waals surface area contributed by atoms with Crippen LogP contribution in [0.25, 0.3) is 106 Å². The second-order valence-corrected chi connectivity index (χ2v) is 11.2. The van der Waals surface area contributed by atoms with E-state index in [1.54, 1.807) is 30.3 Å². The second kappa shape index (κ2) is 10.7. The molecule has 6 heteroatoms. The van der Waals surface area contributed by atoms with Gasteiger partial charge in [-0.2, -0.15) is 9.97 Å². The first-order valence-electron chi connectivity index (χ1n) is 25.7. The molecule has 0 aliphatic rings. The van der Waals surface area contributed by atoms with Gasteiger partial charge in [0.25, 0.3) is 0 Å². The van der Waals surface area contributed by atoms with Crippen LogP contribution in [0, 0.1) is 0 Å². The average molecular weight is 676 g/mol. The smallest absolute Gasteiger partial charge is 0.238 e. The molecule has 238 valence electrons. The standard InChI is InChI=1S/C45H26N4O2/c1-3-12-27(13-4-1)30-18-11-21-39-42(30)33-23-22-29(24-40(33)51-39)44-46-43(28-14-5-2-6-15-28)47-45(48-44)49-36-19-9-7-16-31(36)34-25-35-32-17-8-10-20-38(32)50-41(35)26-37(34)49/h1-26H/i2D,5D,6D,7D,8D,9D,10D,11D,14D,15D,16D,17D,18D,19D,20D,21D,22D,23D,24D,25D,26D. The fraction of sp³-hybridized carbons (Fsp3) is 0.